The second-order valence-corrected chi connectivity index (χ2v) is 6.80. The quantitative estimate of drug-likeness (QED) is 0.369. The van der Waals surface area contributed by atoms with E-state index >= 15 is 0 Å². The molecular formula is C19H30ClN3O3. The molecule has 1 aliphatic heterocycles. The van der Waals surface area contributed by atoms with Crippen molar-refractivity contribution in [3.05, 3.63) is 29.3 Å². The van der Waals surface area contributed by atoms with Gasteiger partial charge in [0.15, 0.2) is 5.96 Å². The first kappa shape index (κ1) is 20.8. The van der Waals surface area contributed by atoms with Crippen molar-refractivity contribution in [2.45, 2.75) is 25.9 Å². The van der Waals surface area contributed by atoms with Gasteiger partial charge in [-0.25, -0.2) is 0 Å². The lowest BCUT2D eigenvalue weighted by atomic mass is 10.1. The molecule has 2 N–H and O–H groups in total. The lowest BCUT2D eigenvalue weighted by molar-refractivity contribution is 0.0888. The van der Waals surface area contributed by atoms with Crippen molar-refractivity contribution in [3.63, 3.8) is 0 Å². The monoisotopic (exact) mass is 383 g/mol. The third kappa shape index (κ3) is 7.81. The third-order valence-electron chi connectivity index (χ3n) is 4.08. The Labute approximate surface area is 161 Å². The second-order valence-electron chi connectivity index (χ2n) is 6.40. The van der Waals surface area contributed by atoms with Gasteiger partial charge in [0.2, 0.25) is 0 Å². The SMILES string of the molecule is CN=C(NCCCOCC1CCOC1)NCC(C)Oc1ccccc1Cl. The first-order chi connectivity index (χ1) is 12.7. The van der Waals surface area contributed by atoms with Crippen molar-refractivity contribution in [2.75, 3.05) is 46.6 Å². The summed E-state index contributed by atoms with van der Waals surface area (Å²) in [5.74, 6) is 2.01. The topological polar surface area (TPSA) is 64.1 Å². The van der Waals surface area contributed by atoms with E-state index in [1.807, 2.05) is 31.2 Å². The molecule has 2 atom stereocenters. The summed E-state index contributed by atoms with van der Waals surface area (Å²) in [6.45, 7) is 6.67. The third-order valence-corrected chi connectivity index (χ3v) is 4.39. The van der Waals surface area contributed by atoms with Crippen molar-refractivity contribution >= 4 is 17.6 Å². The van der Waals surface area contributed by atoms with Gasteiger partial charge in [-0.15, -0.1) is 0 Å². The Hall–Kier alpha value is -1.50. The maximum absolute atomic E-state index is 6.11. The minimum absolute atomic E-state index is 0.0367. The van der Waals surface area contributed by atoms with E-state index in [0.29, 0.717) is 23.2 Å². The molecule has 2 unspecified atom stereocenters. The fraction of sp³-hybridized carbons (Fsp3) is 0.632. The molecule has 1 saturated heterocycles. The molecule has 6 nitrogen and oxygen atoms in total. The minimum atomic E-state index is -0.0367. The first-order valence-electron chi connectivity index (χ1n) is 9.20. The van der Waals surface area contributed by atoms with E-state index in [9.17, 15) is 0 Å². The van der Waals surface area contributed by atoms with Crippen LogP contribution in [-0.4, -0.2) is 58.6 Å². The van der Waals surface area contributed by atoms with E-state index in [0.717, 1.165) is 51.8 Å². The molecule has 1 heterocycles. The number of nitrogens with zero attached hydrogens (tertiary/aromatic N) is 1. The summed E-state index contributed by atoms with van der Waals surface area (Å²) >= 11 is 6.11. The molecule has 1 aromatic rings. The van der Waals surface area contributed by atoms with E-state index < -0.39 is 0 Å². The molecule has 1 fully saturated rings. The Bertz CT molecular complexity index is 551. The maximum Gasteiger partial charge on any atom is 0.191 e. The summed E-state index contributed by atoms with van der Waals surface area (Å²) in [5.41, 5.74) is 0. The van der Waals surface area contributed by atoms with Crippen molar-refractivity contribution in [3.8, 4) is 5.75 Å². The molecule has 7 heteroatoms. The summed E-state index contributed by atoms with van der Waals surface area (Å²) in [5, 5.41) is 7.16. The number of halogens is 1. The first-order valence-corrected chi connectivity index (χ1v) is 9.58. The standard InChI is InChI=1S/C19H30ClN3O3/c1-15(26-18-7-4-3-6-17(18)20)12-23-19(21-2)22-9-5-10-24-13-16-8-11-25-14-16/h3-4,6-7,15-16H,5,8-14H2,1-2H3,(H2,21,22,23). The molecule has 0 radical (unpaired) electrons. The van der Waals surface area contributed by atoms with Crippen molar-refractivity contribution in [1.29, 1.82) is 0 Å². The van der Waals surface area contributed by atoms with Crippen LogP contribution in [0.25, 0.3) is 0 Å². The molecule has 0 spiro atoms. The van der Waals surface area contributed by atoms with Crippen molar-refractivity contribution in [1.82, 2.24) is 10.6 Å². The molecule has 0 aromatic heterocycles. The lowest BCUT2D eigenvalue weighted by Crippen LogP contribution is -2.42. The number of benzene rings is 1. The van der Waals surface area contributed by atoms with Crippen LogP contribution >= 0.6 is 11.6 Å². The van der Waals surface area contributed by atoms with Crippen LogP contribution in [0.3, 0.4) is 0 Å². The number of hydrogen-bond acceptors (Lipinski definition) is 4. The predicted molar refractivity (Wildman–Crippen MR) is 105 cm³/mol. The zero-order valence-electron chi connectivity index (χ0n) is 15.7. The highest BCUT2D eigenvalue weighted by Crippen LogP contribution is 2.23. The Kier molecular flexibility index (Phi) is 9.60. The van der Waals surface area contributed by atoms with Gasteiger partial charge in [-0.2, -0.15) is 0 Å². The van der Waals surface area contributed by atoms with Gasteiger partial charge in [0.1, 0.15) is 11.9 Å². The lowest BCUT2D eigenvalue weighted by Gasteiger charge is -2.18. The largest absolute Gasteiger partial charge is 0.487 e. The highest BCUT2D eigenvalue weighted by atomic mass is 35.5. The van der Waals surface area contributed by atoms with Gasteiger partial charge in [0.25, 0.3) is 0 Å². The van der Waals surface area contributed by atoms with Crippen LogP contribution in [0.15, 0.2) is 29.3 Å². The Morgan fingerprint density at radius 3 is 2.96 bits per heavy atom. The van der Waals surface area contributed by atoms with Crippen LogP contribution in [0.2, 0.25) is 5.02 Å². The van der Waals surface area contributed by atoms with Gasteiger partial charge in [0.05, 0.1) is 24.8 Å². The van der Waals surface area contributed by atoms with Crippen LogP contribution in [0.1, 0.15) is 19.8 Å². The van der Waals surface area contributed by atoms with Crippen LogP contribution in [-0.2, 0) is 9.47 Å². The van der Waals surface area contributed by atoms with Crippen LogP contribution < -0.4 is 15.4 Å². The normalized spacial score (nSPS) is 18.6. The zero-order chi connectivity index (χ0) is 18.6. The molecule has 0 amide bonds. The fourth-order valence-corrected chi connectivity index (χ4v) is 2.79. The van der Waals surface area contributed by atoms with Gasteiger partial charge in [0, 0.05) is 32.7 Å². The minimum Gasteiger partial charge on any atom is -0.487 e. The number of aliphatic imine (C=N–C) groups is 1. The molecule has 2 rings (SSSR count). The Morgan fingerprint density at radius 2 is 2.23 bits per heavy atom. The number of rotatable bonds is 10. The average molecular weight is 384 g/mol. The molecule has 0 aliphatic carbocycles. The van der Waals surface area contributed by atoms with Gasteiger partial charge in [-0.3, -0.25) is 4.99 Å². The molecule has 1 aliphatic rings. The summed E-state index contributed by atoms with van der Waals surface area (Å²) in [4.78, 5) is 4.22. The molecule has 1 aromatic carbocycles. The average Bonchev–Trinajstić information content (AvgIpc) is 3.16. The van der Waals surface area contributed by atoms with E-state index in [2.05, 4.69) is 15.6 Å². The van der Waals surface area contributed by atoms with Gasteiger partial charge in [-0.1, -0.05) is 23.7 Å². The zero-order valence-corrected chi connectivity index (χ0v) is 16.4. The molecular weight excluding hydrogens is 354 g/mol. The van der Waals surface area contributed by atoms with Gasteiger partial charge < -0.3 is 24.8 Å². The van der Waals surface area contributed by atoms with Crippen LogP contribution in [0.5, 0.6) is 5.75 Å². The Balaban J connectivity index is 1.54. The van der Waals surface area contributed by atoms with Crippen molar-refractivity contribution < 1.29 is 14.2 Å². The summed E-state index contributed by atoms with van der Waals surface area (Å²) in [6, 6.07) is 7.47. The molecule has 146 valence electrons. The summed E-state index contributed by atoms with van der Waals surface area (Å²) in [6.07, 6.45) is 2.01. The Morgan fingerprint density at radius 1 is 1.38 bits per heavy atom. The number of guanidine groups is 1. The predicted octanol–water partition coefficient (Wildman–Crippen LogP) is 2.72. The van der Waals surface area contributed by atoms with E-state index in [1.54, 1.807) is 7.05 Å². The van der Waals surface area contributed by atoms with Crippen LogP contribution in [0, 0.1) is 5.92 Å². The summed E-state index contributed by atoms with van der Waals surface area (Å²) < 4.78 is 16.9. The molecule has 0 bridgehead atoms. The highest BCUT2D eigenvalue weighted by Gasteiger charge is 2.15. The summed E-state index contributed by atoms with van der Waals surface area (Å²) in [7, 11) is 1.76. The number of nitrogens with one attached hydrogen (secondary N) is 2. The number of para-hydroxylation sites is 1. The van der Waals surface area contributed by atoms with E-state index in [-0.39, 0.29) is 6.10 Å². The van der Waals surface area contributed by atoms with E-state index in [4.69, 9.17) is 25.8 Å². The van der Waals surface area contributed by atoms with Gasteiger partial charge in [-0.05, 0) is 31.9 Å². The highest BCUT2D eigenvalue weighted by molar-refractivity contribution is 6.32. The van der Waals surface area contributed by atoms with Crippen LogP contribution in [0.4, 0.5) is 0 Å². The molecule has 0 saturated carbocycles. The number of hydrogen-bond donors (Lipinski definition) is 2. The van der Waals surface area contributed by atoms with E-state index in [1.165, 1.54) is 0 Å². The van der Waals surface area contributed by atoms with Crippen molar-refractivity contribution in [2.24, 2.45) is 10.9 Å². The fourth-order valence-electron chi connectivity index (χ4n) is 2.61. The number of ether oxygens (including phenoxy) is 3. The smallest absolute Gasteiger partial charge is 0.191 e. The molecule has 26 heavy (non-hydrogen) atoms. The maximum atomic E-state index is 6.11. The van der Waals surface area contributed by atoms with Gasteiger partial charge >= 0.3 is 0 Å². The second kappa shape index (κ2) is 12.0.